The molecule has 0 saturated carbocycles. The summed E-state index contributed by atoms with van der Waals surface area (Å²) in [6.07, 6.45) is 4.06. The number of aromatic amines is 1. The normalized spacial score (nSPS) is 10.8. The van der Waals surface area contributed by atoms with Gasteiger partial charge < -0.3 is 5.73 Å². The highest BCUT2D eigenvalue weighted by atomic mass is 19.1. The molecule has 1 heterocycles. The van der Waals surface area contributed by atoms with Gasteiger partial charge in [-0.1, -0.05) is 6.42 Å². The molecule has 0 fully saturated rings. The molecule has 1 aromatic carbocycles. The summed E-state index contributed by atoms with van der Waals surface area (Å²) in [7, 11) is 0. The molecular formula is C13H17FN4. The minimum absolute atomic E-state index is 0.253. The van der Waals surface area contributed by atoms with E-state index in [1.807, 2.05) is 0 Å². The van der Waals surface area contributed by atoms with Crippen LogP contribution in [0.5, 0.6) is 0 Å². The Bertz CT molecular complexity index is 478. The first kappa shape index (κ1) is 12.7. The number of halogens is 1. The first-order valence-electron chi connectivity index (χ1n) is 6.17. The van der Waals surface area contributed by atoms with Crippen molar-refractivity contribution in [2.45, 2.75) is 25.7 Å². The van der Waals surface area contributed by atoms with Crippen LogP contribution in [-0.2, 0) is 6.42 Å². The van der Waals surface area contributed by atoms with Crippen LogP contribution >= 0.6 is 0 Å². The van der Waals surface area contributed by atoms with Gasteiger partial charge in [0.1, 0.15) is 11.6 Å². The molecule has 0 atom stereocenters. The van der Waals surface area contributed by atoms with E-state index >= 15 is 0 Å². The standard InChI is InChI=1S/C13H17FN4/c14-11-7-5-10(6-8-11)13-16-12(17-18-13)4-2-1-3-9-15/h5-8H,1-4,9,15H2,(H,16,17,18). The molecule has 4 nitrogen and oxygen atoms in total. The minimum atomic E-state index is -0.253. The Morgan fingerprint density at radius 3 is 2.61 bits per heavy atom. The van der Waals surface area contributed by atoms with Crippen LogP contribution in [0.3, 0.4) is 0 Å². The van der Waals surface area contributed by atoms with Crippen LogP contribution in [0.15, 0.2) is 24.3 Å². The van der Waals surface area contributed by atoms with Gasteiger partial charge >= 0.3 is 0 Å². The van der Waals surface area contributed by atoms with E-state index in [0.717, 1.165) is 43.6 Å². The largest absolute Gasteiger partial charge is 0.330 e. The molecule has 1 aromatic heterocycles. The van der Waals surface area contributed by atoms with Gasteiger partial charge in [0.2, 0.25) is 0 Å². The fraction of sp³-hybridized carbons (Fsp3) is 0.385. The number of benzene rings is 1. The Morgan fingerprint density at radius 2 is 1.89 bits per heavy atom. The lowest BCUT2D eigenvalue weighted by atomic mass is 10.2. The summed E-state index contributed by atoms with van der Waals surface area (Å²) in [6, 6.07) is 6.17. The van der Waals surface area contributed by atoms with Crippen molar-refractivity contribution in [2.24, 2.45) is 5.73 Å². The lowest BCUT2D eigenvalue weighted by Gasteiger charge is -1.96. The van der Waals surface area contributed by atoms with E-state index in [2.05, 4.69) is 15.2 Å². The molecule has 0 aliphatic carbocycles. The number of rotatable bonds is 6. The van der Waals surface area contributed by atoms with Gasteiger partial charge in [-0.25, -0.2) is 9.37 Å². The van der Waals surface area contributed by atoms with Crippen molar-refractivity contribution >= 4 is 0 Å². The average Bonchev–Trinajstić information content (AvgIpc) is 2.84. The van der Waals surface area contributed by atoms with E-state index in [4.69, 9.17) is 5.73 Å². The van der Waals surface area contributed by atoms with E-state index < -0.39 is 0 Å². The van der Waals surface area contributed by atoms with Crippen molar-refractivity contribution in [1.82, 2.24) is 15.2 Å². The number of nitrogens with two attached hydrogens (primary N) is 1. The highest BCUT2D eigenvalue weighted by Gasteiger charge is 2.05. The Kier molecular flexibility index (Phi) is 4.41. The molecule has 0 unspecified atom stereocenters. The van der Waals surface area contributed by atoms with Crippen molar-refractivity contribution in [3.8, 4) is 11.4 Å². The number of aromatic nitrogens is 3. The third kappa shape index (κ3) is 3.37. The number of H-pyrrole nitrogens is 1. The van der Waals surface area contributed by atoms with Gasteiger partial charge in [-0.3, -0.25) is 5.10 Å². The highest BCUT2D eigenvalue weighted by Crippen LogP contribution is 2.15. The van der Waals surface area contributed by atoms with Crippen LogP contribution in [0.4, 0.5) is 4.39 Å². The van der Waals surface area contributed by atoms with Crippen molar-refractivity contribution in [3.05, 3.63) is 35.9 Å². The van der Waals surface area contributed by atoms with Gasteiger partial charge in [-0.15, -0.1) is 0 Å². The quantitative estimate of drug-likeness (QED) is 0.771. The van der Waals surface area contributed by atoms with Crippen molar-refractivity contribution in [1.29, 1.82) is 0 Å². The third-order valence-electron chi connectivity index (χ3n) is 2.75. The topological polar surface area (TPSA) is 67.6 Å². The second-order valence-corrected chi connectivity index (χ2v) is 4.21. The number of nitrogens with zero attached hydrogens (tertiary/aromatic N) is 2. The molecule has 96 valence electrons. The van der Waals surface area contributed by atoms with E-state index in [1.54, 1.807) is 12.1 Å². The molecular weight excluding hydrogens is 231 g/mol. The van der Waals surface area contributed by atoms with Crippen LogP contribution in [0, 0.1) is 5.82 Å². The summed E-state index contributed by atoms with van der Waals surface area (Å²) in [4.78, 5) is 4.39. The minimum Gasteiger partial charge on any atom is -0.330 e. The number of hydrogen-bond acceptors (Lipinski definition) is 3. The van der Waals surface area contributed by atoms with Gasteiger partial charge in [0.25, 0.3) is 0 Å². The molecule has 0 aliphatic rings. The van der Waals surface area contributed by atoms with Gasteiger partial charge in [0, 0.05) is 12.0 Å². The molecule has 0 aliphatic heterocycles. The van der Waals surface area contributed by atoms with Crippen molar-refractivity contribution in [2.75, 3.05) is 6.54 Å². The van der Waals surface area contributed by atoms with E-state index in [0.29, 0.717) is 5.82 Å². The van der Waals surface area contributed by atoms with Crippen LogP contribution in [0.1, 0.15) is 25.1 Å². The smallest absolute Gasteiger partial charge is 0.181 e. The number of hydrogen-bond donors (Lipinski definition) is 2. The SMILES string of the molecule is NCCCCCc1nc(-c2ccc(F)cc2)n[nH]1. The first-order valence-corrected chi connectivity index (χ1v) is 6.17. The Labute approximate surface area is 105 Å². The molecule has 0 amide bonds. The maximum atomic E-state index is 12.8. The first-order chi connectivity index (χ1) is 8.79. The Hall–Kier alpha value is -1.75. The van der Waals surface area contributed by atoms with E-state index in [1.165, 1.54) is 12.1 Å². The van der Waals surface area contributed by atoms with Gasteiger partial charge in [0.05, 0.1) is 0 Å². The zero-order valence-corrected chi connectivity index (χ0v) is 10.2. The highest BCUT2D eigenvalue weighted by molar-refractivity contribution is 5.53. The van der Waals surface area contributed by atoms with Crippen LogP contribution in [-0.4, -0.2) is 21.7 Å². The molecule has 3 N–H and O–H groups in total. The molecule has 0 radical (unpaired) electrons. The lowest BCUT2D eigenvalue weighted by Crippen LogP contribution is -1.98. The summed E-state index contributed by atoms with van der Waals surface area (Å²) in [6.45, 7) is 0.733. The number of aryl methyl sites for hydroxylation is 1. The second-order valence-electron chi connectivity index (χ2n) is 4.21. The maximum Gasteiger partial charge on any atom is 0.181 e. The Balaban J connectivity index is 1.95. The molecule has 0 bridgehead atoms. The fourth-order valence-electron chi connectivity index (χ4n) is 1.75. The van der Waals surface area contributed by atoms with Gasteiger partial charge in [-0.2, -0.15) is 5.10 Å². The van der Waals surface area contributed by atoms with E-state index in [9.17, 15) is 4.39 Å². The van der Waals surface area contributed by atoms with Crippen LogP contribution in [0.2, 0.25) is 0 Å². The summed E-state index contributed by atoms with van der Waals surface area (Å²) in [5.74, 6) is 1.23. The number of nitrogens with one attached hydrogen (secondary N) is 1. The monoisotopic (exact) mass is 248 g/mol. The van der Waals surface area contributed by atoms with Crippen LogP contribution < -0.4 is 5.73 Å². The second kappa shape index (κ2) is 6.26. The van der Waals surface area contributed by atoms with Crippen molar-refractivity contribution in [3.63, 3.8) is 0 Å². The van der Waals surface area contributed by atoms with Crippen molar-refractivity contribution < 1.29 is 4.39 Å². The summed E-state index contributed by atoms with van der Waals surface area (Å²) < 4.78 is 12.8. The lowest BCUT2D eigenvalue weighted by molar-refractivity contribution is 0.628. The predicted octanol–water partition coefficient (Wildman–Crippen LogP) is 2.28. The van der Waals surface area contributed by atoms with Crippen LogP contribution in [0.25, 0.3) is 11.4 Å². The van der Waals surface area contributed by atoms with E-state index in [-0.39, 0.29) is 5.82 Å². The van der Waals surface area contributed by atoms with Gasteiger partial charge in [-0.05, 0) is 43.7 Å². The molecule has 0 saturated heterocycles. The predicted molar refractivity (Wildman–Crippen MR) is 68.4 cm³/mol. The molecule has 2 aromatic rings. The summed E-state index contributed by atoms with van der Waals surface area (Å²) >= 11 is 0. The molecule has 0 spiro atoms. The fourth-order valence-corrected chi connectivity index (χ4v) is 1.75. The molecule has 5 heteroatoms. The average molecular weight is 248 g/mol. The molecule has 18 heavy (non-hydrogen) atoms. The zero-order chi connectivity index (χ0) is 12.8. The van der Waals surface area contributed by atoms with Gasteiger partial charge in [0.15, 0.2) is 5.82 Å². The third-order valence-corrected chi connectivity index (χ3v) is 2.75. The number of unbranched alkanes of at least 4 members (excludes halogenated alkanes) is 2. The zero-order valence-electron chi connectivity index (χ0n) is 10.2. The Morgan fingerprint density at radius 1 is 1.11 bits per heavy atom. The summed E-state index contributed by atoms with van der Waals surface area (Å²) in [5.41, 5.74) is 6.25. The maximum absolute atomic E-state index is 12.8. The summed E-state index contributed by atoms with van der Waals surface area (Å²) in [5, 5.41) is 7.04. The molecule has 2 rings (SSSR count).